The molecule has 9 N–H and O–H groups in total. The first-order valence-corrected chi connectivity index (χ1v) is 35.6. The van der Waals surface area contributed by atoms with Crippen LogP contribution in [0.4, 0.5) is 0 Å². The van der Waals surface area contributed by atoms with E-state index < -0.39 is 86.8 Å². The average Bonchev–Trinajstić information content (AvgIpc) is 3.18. The Labute approximate surface area is 513 Å². The van der Waals surface area contributed by atoms with Crippen molar-refractivity contribution in [3.05, 3.63) is 24.3 Å². The van der Waals surface area contributed by atoms with Gasteiger partial charge < -0.3 is 65.1 Å². The second-order valence-electron chi connectivity index (χ2n) is 25.4. The van der Waals surface area contributed by atoms with Crippen LogP contribution in [0.5, 0.6) is 0 Å². The fraction of sp³-hybridized carbons (Fsp3) is 0.929. The Bertz CT molecular complexity index is 1500. The van der Waals surface area contributed by atoms with Gasteiger partial charge in [0.1, 0.15) is 48.8 Å². The summed E-state index contributed by atoms with van der Waals surface area (Å²) >= 11 is 0. The van der Waals surface area contributed by atoms with Crippen molar-refractivity contribution in [2.75, 3.05) is 19.8 Å². The van der Waals surface area contributed by atoms with Gasteiger partial charge in [-0.3, -0.25) is 4.79 Å². The standard InChI is InChI=1S/C70H133NO13/c1-3-5-7-9-11-13-15-17-19-21-23-25-27-28-29-30-32-33-35-37-39-41-43-45-47-49-51-53-59(74)58(57-81-69-67(80)65(78)68(61(56-73)83-69)84-70-66(79)64(77)63(76)60(55-72)82-70)71-62(75)54-52-50-48-46-44-42-40-38-36-34-31-26-24-22-20-18-16-14-12-10-8-6-4-2/h22,24,51,53,58-61,63-70,72-74,76-80H,3-21,23,25-50,52,54-57H2,1-2H3,(H,71,75)/b24-22-,53-51+. The number of unbranched alkanes of at least 4 members (excludes halogenated alkanes) is 44. The predicted octanol–water partition coefficient (Wildman–Crippen LogP) is 14.3. The Morgan fingerprint density at radius 3 is 1.13 bits per heavy atom. The highest BCUT2D eigenvalue weighted by Gasteiger charge is 2.51. The van der Waals surface area contributed by atoms with Crippen molar-refractivity contribution in [2.45, 2.75) is 396 Å². The number of hydrogen-bond acceptors (Lipinski definition) is 13. The number of aliphatic hydroxyl groups excluding tert-OH is 8. The molecule has 14 nitrogen and oxygen atoms in total. The quantitative estimate of drug-likeness (QED) is 0.0204. The molecule has 2 aliphatic heterocycles. The normalized spacial score (nSPS) is 23.7. The number of aliphatic hydroxyl groups is 8. The fourth-order valence-electron chi connectivity index (χ4n) is 11.9. The van der Waals surface area contributed by atoms with Crippen LogP contribution in [0.3, 0.4) is 0 Å². The van der Waals surface area contributed by atoms with E-state index in [-0.39, 0.29) is 18.9 Å². The number of amides is 1. The summed E-state index contributed by atoms with van der Waals surface area (Å²) in [7, 11) is 0. The van der Waals surface area contributed by atoms with E-state index >= 15 is 0 Å². The second kappa shape index (κ2) is 55.5. The second-order valence-corrected chi connectivity index (χ2v) is 25.4. The predicted molar refractivity (Wildman–Crippen MR) is 342 cm³/mol. The third kappa shape index (κ3) is 39.5. The van der Waals surface area contributed by atoms with Crippen LogP contribution in [0.2, 0.25) is 0 Å². The molecule has 496 valence electrons. The zero-order valence-electron chi connectivity index (χ0n) is 53.9. The van der Waals surface area contributed by atoms with E-state index in [0.717, 1.165) is 38.5 Å². The summed E-state index contributed by atoms with van der Waals surface area (Å²) in [6.07, 6.45) is 52.3. The lowest BCUT2D eigenvalue weighted by Crippen LogP contribution is -2.65. The summed E-state index contributed by atoms with van der Waals surface area (Å²) in [5.41, 5.74) is 0. The Morgan fingerprint density at radius 1 is 0.417 bits per heavy atom. The molecule has 0 radical (unpaired) electrons. The van der Waals surface area contributed by atoms with E-state index in [2.05, 4.69) is 31.3 Å². The SMILES string of the molecule is CCCCCCCCCC/C=C\CCCCCCCCCCCCCC(=O)NC(COC1OC(CO)C(OC2OC(CO)C(O)C(O)C2O)C(O)C1O)C(O)/C=C/CCCCCCCCCCCCCCCCCCCCCCCCCCC. The molecule has 0 aromatic heterocycles. The zero-order valence-corrected chi connectivity index (χ0v) is 53.9. The summed E-state index contributed by atoms with van der Waals surface area (Å²) in [5.74, 6) is -0.235. The number of nitrogens with one attached hydrogen (secondary N) is 1. The molecule has 1 amide bonds. The summed E-state index contributed by atoms with van der Waals surface area (Å²) in [6.45, 7) is 2.85. The number of allylic oxidation sites excluding steroid dienone is 3. The molecule has 0 spiro atoms. The zero-order chi connectivity index (χ0) is 60.9. The molecule has 84 heavy (non-hydrogen) atoms. The van der Waals surface area contributed by atoms with Crippen LogP contribution >= 0.6 is 0 Å². The minimum Gasteiger partial charge on any atom is -0.394 e. The highest BCUT2D eigenvalue weighted by Crippen LogP contribution is 2.30. The van der Waals surface area contributed by atoms with Gasteiger partial charge in [0.05, 0.1) is 32.0 Å². The molecule has 12 unspecified atom stereocenters. The number of carbonyl (C=O) groups excluding carboxylic acids is 1. The van der Waals surface area contributed by atoms with Gasteiger partial charge in [-0.2, -0.15) is 0 Å². The molecular weight excluding hydrogens is 1060 g/mol. The topological polar surface area (TPSA) is 228 Å². The van der Waals surface area contributed by atoms with Crippen molar-refractivity contribution in [3.8, 4) is 0 Å². The first kappa shape index (κ1) is 78.6. The van der Waals surface area contributed by atoms with Gasteiger partial charge in [-0.05, 0) is 44.9 Å². The molecule has 0 saturated carbocycles. The summed E-state index contributed by atoms with van der Waals surface area (Å²) in [5, 5.41) is 87.5. The Balaban J connectivity index is 1.68. The molecule has 0 aromatic rings. The van der Waals surface area contributed by atoms with Gasteiger partial charge in [0, 0.05) is 6.42 Å². The number of ether oxygens (including phenoxy) is 4. The molecule has 0 aromatic carbocycles. The third-order valence-corrected chi connectivity index (χ3v) is 17.6. The third-order valence-electron chi connectivity index (χ3n) is 17.6. The Morgan fingerprint density at radius 2 is 0.750 bits per heavy atom. The van der Waals surface area contributed by atoms with Crippen molar-refractivity contribution in [1.82, 2.24) is 5.32 Å². The Hall–Kier alpha value is -1.53. The van der Waals surface area contributed by atoms with Crippen LogP contribution in [0.25, 0.3) is 0 Å². The van der Waals surface area contributed by atoms with E-state index in [1.807, 2.05) is 6.08 Å². The average molecular weight is 1200 g/mol. The van der Waals surface area contributed by atoms with Crippen molar-refractivity contribution >= 4 is 5.91 Å². The highest BCUT2D eigenvalue weighted by atomic mass is 16.7. The lowest BCUT2D eigenvalue weighted by Gasteiger charge is -2.46. The fourth-order valence-corrected chi connectivity index (χ4v) is 11.9. The van der Waals surface area contributed by atoms with Crippen molar-refractivity contribution in [1.29, 1.82) is 0 Å². The molecule has 2 heterocycles. The minimum atomic E-state index is -1.79. The van der Waals surface area contributed by atoms with E-state index in [9.17, 15) is 45.6 Å². The molecule has 0 aliphatic carbocycles. The molecule has 12 atom stereocenters. The smallest absolute Gasteiger partial charge is 0.220 e. The van der Waals surface area contributed by atoms with Crippen LogP contribution in [0, 0.1) is 0 Å². The van der Waals surface area contributed by atoms with Gasteiger partial charge in [0.2, 0.25) is 5.91 Å². The molecule has 2 aliphatic rings. The van der Waals surface area contributed by atoms with Crippen LogP contribution < -0.4 is 5.32 Å². The van der Waals surface area contributed by atoms with Gasteiger partial charge in [-0.1, -0.05) is 295 Å². The van der Waals surface area contributed by atoms with Crippen molar-refractivity contribution in [3.63, 3.8) is 0 Å². The lowest BCUT2D eigenvalue weighted by molar-refractivity contribution is -0.359. The Kier molecular flexibility index (Phi) is 51.9. The summed E-state index contributed by atoms with van der Waals surface area (Å²) in [6, 6.07) is -0.914. The van der Waals surface area contributed by atoms with E-state index in [0.29, 0.717) is 6.42 Å². The van der Waals surface area contributed by atoms with E-state index in [4.69, 9.17) is 18.9 Å². The van der Waals surface area contributed by atoms with Gasteiger partial charge in [0.25, 0.3) is 0 Å². The molecule has 2 fully saturated rings. The molecule has 14 heteroatoms. The first-order valence-electron chi connectivity index (χ1n) is 35.6. The van der Waals surface area contributed by atoms with E-state index in [1.165, 1.54) is 257 Å². The first-order chi connectivity index (χ1) is 41.1. The van der Waals surface area contributed by atoms with Crippen molar-refractivity contribution < 1.29 is 64.6 Å². The number of carbonyl (C=O) groups is 1. The van der Waals surface area contributed by atoms with Crippen LogP contribution in [0.15, 0.2) is 24.3 Å². The maximum absolute atomic E-state index is 13.3. The molecule has 0 bridgehead atoms. The van der Waals surface area contributed by atoms with Crippen LogP contribution in [0.1, 0.15) is 322 Å². The number of rotatable bonds is 59. The highest BCUT2D eigenvalue weighted by molar-refractivity contribution is 5.76. The van der Waals surface area contributed by atoms with Crippen LogP contribution in [-0.4, -0.2) is 140 Å². The molecule has 2 rings (SSSR count). The van der Waals surface area contributed by atoms with Crippen molar-refractivity contribution in [2.24, 2.45) is 0 Å². The molecule has 2 saturated heterocycles. The van der Waals surface area contributed by atoms with Crippen LogP contribution in [-0.2, 0) is 23.7 Å². The minimum absolute atomic E-state index is 0.235. The van der Waals surface area contributed by atoms with Gasteiger partial charge in [-0.15, -0.1) is 0 Å². The largest absolute Gasteiger partial charge is 0.394 e. The summed E-state index contributed by atoms with van der Waals surface area (Å²) < 4.78 is 22.9. The van der Waals surface area contributed by atoms with E-state index in [1.54, 1.807) is 6.08 Å². The lowest BCUT2D eigenvalue weighted by atomic mass is 9.97. The van der Waals surface area contributed by atoms with Gasteiger partial charge >= 0.3 is 0 Å². The van der Waals surface area contributed by atoms with Gasteiger partial charge in [-0.25, -0.2) is 0 Å². The maximum atomic E-state index is 13.3. The maximum Gasteiger partial charge on any atom is 0.220 e. The summed E-state index contributed by atoms with van der Waals surface area (Å²) in [4.78, 5) is 13.3. The number of hydrogen-bond donors (Lipinski definition) is 9. The molecular formula is C70H133NO13. The van der Waals surface area contributed by atoms with Gasteiger partial charge in [0.15, 0.2) is 12.6 Å². The monoisotopic (exact) mass is 1200 g/mol.